The number of rotatable bonds is 6. The van der Waals surface area contributed by atoms with E-state index in [0.29, 0.717) is 0 Å². The molecule has 0 radical (unpaired) electrons. The van der Waals surface area contributed by atoms with Gasteiger partial charge < -0.3 is 0 Å². The summed E-state index contributed by atoms with van der Waals surface area (Å²) >= 11 is 5.90. The van der Waals surface area contributed by atoms with Crippen LogP contribution < -0.4 is 0 Å². The fourth-order valence-electron chi connectivity index (χ4n) is 1.39. The highest BCUT2D eigenvalue weighted by molar-refractivity contribution is 6.20. The molecule has 1 aromatic heterocycles. The number of alkyl halides is 1. The molecule has 0 saturated carbocycles. The molecule has 4 nitrogen and oxygen atoms in total. The summed E-state index contributed by atoms with van der Waals surface area (Å²) in [5.41, 5.74) is 0. The molecule has 0 fully saturated rings. The lowest BCUT2D eigenvalue weighted by atomic mass is 10.3. The Morgan fingerprint density at radius 1 is 1.60 bits per heavy atom. The lowest BCUT2D eigenvalue weighted by molar-refractivity contribution is 0.306. The molecule has 86 valence electrons. The topological polar surface area (TPSA) is 34.0 Å². The maximum Gasteiger partial charge on any atom is 0.140 e. The minimum atomic E-state index is 0.233. The van der Waals surface area contributed by atoms with Gasteiger partial charge in [-0.25, -0.2) is 9.67 Å². The normalized spacial score (nSPS) is 13.4. The number of aryl methyl sites for hydroxylation is 1. The summed E-state index contributed by atoms with van der Waals surface area (Å²) in [6.07, 6.45) is 2.61. The van der Waals surface area contributed by atoms with Gasteiger partial charge in [0.1, 0.15) is 12.2 Å². The van der Waals surface area contributed by atoms with Gasteiger partial charge in [0.25, 0.3) is 0 Å². The predicted molar refractivity (Wildman–Crippen MR) is 62.0 cm³/mol. The van der Waals surface area contributed by atoms with E-state index >= 15 is 0 Å². The van der Waals surface area contributed by atoms with E-state index in [1.807, 2.05) is 11.6 Å². The van der Waals surface area contributed by atoms with E-state index in [1.54, 1.807) is 6.33 Å². The molecule has 1 atom stereocenters. The molecule has 1 rings (SSSR count). The largest absolute Gasteiger partial charge is 0.299 e. The van der Waals surface area contributed by atoms with Crippen LogP contribution >= 0.6 is 11.6 Å². The van der Waals surface area contributed by atoms with E-state index in [2.05, 4.69) is 29.0 Å². The Morgan fingerprint density at radius 3 is 2.93 bits per heavy atom. The smallest absolute Gasteiger partial charge is 0.140 e. The first-order valence-corrected chi connectivity index (χ1v) is 5.76. The molecule has 0 aliphatic carbocycles. The van der Waals surface area contributed by atoms with Crippen molar-refractivity contribution in [2.75, 3.05) is 13.6 Å². The Balaban J connectivity index is 2.40. The second-order valence-electron chi connectivity index (χ2n) is 3.80. The fraction of sp³-hybridized carbons (Fsp3) is 0.800. The van der Waals surface area contributed by atoms with Crippen molar-refractivity contribution in [1.82, 2.24) is 19.7 Å². The quantitative estimate of drug-likeness (QED) is 0.699. The third kappa shape index (κ3) is 4.18. The summed E-state index contributed by atoms with van der Waals surface area (Å²) in [6.45, 7) is 6.77. The summed E-state index contributed by atoms with van der Waals surface area (Å²) < 4.78 is 1.92. The van der Waals surface area contributed by atoms with Crippen LogP contribution in [0.4, 0.5) is 0 Å². The van der Waals surface area contributed by atoms with E-state index in [9.17, 15) is 0 Å². The van der Waals surface area contributed by atoms with Crippen molar-refractivity contribution in [2.45, 2.75) is 38.7 Å². The van der Waals surface area contributed by atoms with Crippen LogP contribution in [0.15, 0.2) is 6.33 Å². The number of hydrogen-bond acceptors (Lipinski definition) is 3. The second kappa shape index (κ2) is 6.08. The van der Waals surface area contributed by atoms with Gasteiger partial charge in [-0.05, 0) is 33.9 Å². The van der Waals surface area contributed by atoms with Gasteiger partial charge in [-0.3, -0.25) is 4.90 Å². The zero-order valence-corrected chi connectivity index (χ0v) is 10.4. The maximum absolute atomic E-state index is 5.90. The number of hydrogen-bond donors (Lipinski definition) is 0. The summed E-state index contributed by atoms with van der Waals surface area (Å²) in [5.74, 6) is 1.02. The molecular weight excluding hydrogens is 212 g/mol. The highest BCUT2D eigenvalue weighted by Gasteiger charge is 2.07. The highest BCUT2D eigenvalue weighted by atomic mass is 35.5. The second-order valence-corrected chi connectivity index (χ2v) is 4.54. The van der Waals surface area contributed by atoms with Crippen molar-refractivity contribution in [3.05, 3.63) is 12.2 Å². The molecule has 1 unspecified atom stereocenters. The van der Waals surface area contributed by atoms with Crippen LogP contribution in [0.2, 0.25) is 0 Å². The average molecular weight is 231 g/mol. The van der Waals surface area contributed by atoms with Crippen LogP contribution in [0.3, 0.4) is 0 Å². The van der Waals surface area contributed by atoms with Gasteiger partial charge in [-0.2, -0.15) is 5.10 Å². The van der Waals surface area contributed by atoms with E-state index in [4.69, 9.17) is 11.6 Å². The van der Waals surface area contributed by atoms with E-state index in [1.165, 1.54) is 0 Å². The van der Waals surface area contributed by atoms with Crippen molar-refractivity contribution in [2.24, 2.45) is 0 Å². The fourth-order valence-corrected chi connectivity index (χ4v) is 1.49. The highest BCUT2D eigenvalue weighted by Crippen LogP contribution is 2.04. The van der Waals surface area contributed by atoms with Crippen molar-refractivity contribution in [1.29, 1.82) is 0 Å². The van der Waals surface area contributed by atoms with Gasteiger partial charge in [0.05, 0.1) is 6.54 Å². The molecule has 0 amide bonds. The Kier molecular flexibility index (Phi) is 5.05. The van der Waals surface area contributed by atoms with Gasteiger partial charge in [-0.15, -0.1) is 11.6 Å². The first-order valence-electron chi connectivity index (χ1n) is 5.32. The predicted octanol–water partition coefficient (Wildman–Crippen LogP) is 1.75. The van der Waals surface area contributed by atoms with Crippen LogP contribution in [-0.2, 0) is 13.1 Å². The van der Waals surface area contributed by atoms with Crippen molar-refractivity contribution in [3.63, 3.8) is 0 Å². The van der Waals surface area contributed by atoms with Crippen LogP contribution in [0.25, 0.3) is 0 Å². The molecule has 1 heterocycles. The zero-order valence-electron chi connectivity index (χ0n) is 9.65. The molecule has 0 N–H and O–H groups in total. The lowest BCUT2D eigenvalue weighted by Crippen LogP contribution is -2.23. The van der Waals surface area contributed by atoms with Crippen LogP contribution in [0.1, 0.15) is 26.1 Å². The third-order valence-corrected chi connectivity index (χ3v) is 2.53. The minimum absolute atomic E-state index is 0.233. The van der Waals surface area contributed by atoms with Crippen molar-refractivity contribution >= 4 is 11.6 Å². The molecule has 0 aliphatic rings. The van der Waals surface area contributed by atoms with Gasteiger partial charge in [0.15, 0.2) is 0 Å². The molecule has 0 bridgehead atoms. The first-order chi connectivity index (χ1) is 7.13. The Hall–Kier alpha value is -0.610. The van der Waals surface area contributed by atoms with E-state index < -0.39 is 0 Å². The molecule has 5 heteroatoms. The maximum atomic E-state index is 5.90. The summed E-state index contributed by atoms with van der Waals surface area (Å²) in [4.78, 5) is 6.45. The minimum Gasteiger partial charge on any atom is -0.299 e. The standard InChI is InChI=1S/C10H19ClN4/c1-4-15-10(12-8-13-15)7-14(3)6-5-9(2)11/h8-9H,4-7H2,1-3H3. The van der Waals surface area contributed by atoms with Crippen LogP contribution in [0, 0.1) is 0 Å². The summed E-state index contributed by atoms with van der Waals surface area (Å²) in [6, 6.07) is 0. The lowest BCUT2D eigenvalue weighted by Gasteiger charge is -2.16. The number of halogens is 1. The SMILES string of the molecule is CCn1ncnc1CN(C)CCC(C)Cl. The zero-order chi connectivity index (χ0) is 11.3. The molecule has 15 heavy (non-hydrogen) atoms. The molecular formula is C10H19ClN4. The molecule has 0 saturated heterocycles. The van der Waals surface area contributed by atoms with Gasteiger partial charge >= 0.3 is 0 Å². The Bertz CT molecular complexity index is 285. The van der Waals surface area contributed by atoms with Crippen LogP contribution in [0.5, 0.6) is 0 Å². The van der Waals surface area contributed by atoms with Crippen molar-refractivity contribution in [3.8, 4) is 0 Å². The van der Waals surface area contributed by atoms with Crippen molar-refractivity contribution < 1.29 is 0 Å². The number of aromatic nitrogens is 3. The van der Waals surface area contributed by atoms with Gasteiger partial charge in [0.2, 0.25) is 0 Å². The van der Waals surface area contributed by atoms with Gasteiger partial charge in [-0.1, -0.05) is 0 Å². The molecule has 0 spiro atoms. The molecule has 1 aromatic rings. The van der Waals surface area contributed by atoms with Crippen LogP contribution in [-0.4, -0.2) is 38.6 Å². The van der Waals surface area contributed by atoms with E-state index in [-0.39, 0.29) is 5.38 Å². The third-order valence-electron chi connectivity index (χ3n) is 2.32. The van der Waals surface area contributed by atoms with E-state index in [0.717, 1.165) is 31.9 Å². The first kappa shape index (κ1) is 12.5. The molecule has 0 aliphatic heterocycles. The summed E-state index contributed by atoms with van der Waals surface area (Å²) in [7, 11) is 2.08. The Labute approximate surface area is 96.2 Å². The van der Waals surface area contributed by atoms with Gasteiger partial charge in [0, 0.05) is 11.9 Å². The monoisotopic (exact) mass is 230 g/mol. The summed E-state index contributed by atoms with van der Waals surface area (Å²) in [5, 5.41) is 4.37. The number of nitrogens with zero attached hydrogens (tertiary/aromatic N) is 4. The molecule has 0 aromatic carbocycles. The Morgan fingerprint density at radius 2 is 2.33 bits per heavy atom. The average Bonchev–Trinajstić information content (AvgIpc) is 2.62.